The highest BCUT2D eigenvalue weighted by atomic mass is 28.3. The van der Waals surface area contributed by atoms with Gasteiger partial charge in [0.25, 0.3) is 0 Å². The van der Waals surface area contributed by atoms with Gasteiger partial charge in [0.2, 0.25) is 0 Å². The largest absolute Gasteiger partial charge is 0.142 e. The average Bonchev–Trinajstić information content (AvgIpc) is 2.87. The maximum Gasteiger partial charge on any atom is 0.142 e. The quantitative estimate of drug-likeness (QED) is 0.744. The van der Waals surface area contributed by atoms with Gasteiger partial charge in [-0.1, -0.05) is 96.6 Å². The third kappa shape index (κ3) is 2.40. The van der Waals surface area contributed by atoms with Gasteiger partial charge in [0.05, 0.1) is 0 Å². The third-order valence-electron chi connectivity index (χ3n) is 5.03. The normalized spacial score (nSPS) is 20.3. The summed E-state index contributed by atoms with van der Waals surface area (Å²) in [5.74, 6) is 0.540. The van der Waals surface area contributed by atoms with Crippen molar-refractivity contribution in [2.24, 2.45) is 5.92 Å². The van der Waals surface area contributed by atoms with Crippen LogP contribution in [0.2, 0.25) is 6.55 Å². The van der Waals surface area contributed by atoms with Crippen molar-refractivity contribution >= 4 is 18.4 Å². The lowest BCUT2D eigenvalue weighted by molar-refractivity contribution is 0.922. The predicted octanol–water partition coefficient (Wildman–Crippen LogP) is 4.25. The molecular weight excluding hydrogens is 280 g/mol. The highest BCUT2D eigenvalue weighted by molar-refractivity contribution is 7.06. The molecule has 0 bridgehead atoms. The molecule has 0 nitrogen and oxygen atoms in total. The maximum absolute atomic E-state index is 2.51. The lowest BCUT2D eigenvalue weighted by Crippen LogP contribution is -2.58. The van der Waals surface area contributed by atoms with Crippen molar-refractivity contribution in [3.05, 3.63) is 83.1 Å². The van der Waals surface area contributed by atoms with Gasteiger partial charge in [-0.2, -0.15) is 0 Å². The summed E-state index contributed by atoms with van der Waals surface area (Å²) in [5, 5.41) is 4.67. The molecule has 112 valence electrons. The summed E-state index contributed by atoms with van der Waals surface area (Å²) in [6.07, 6.45) is 4.66. The molecular formula is C21H24Si. The van der Waals surface area contributed by atoms with Gasteiger partial charge in [-0.25, -0.2) is 0 Å². The number of allylic oxidation sites excluding steroid dienone is 4. The minimum Gasteiger partial charge on any atom is -0.0777 e. The van der Waals surface area contributed by atoms with Crippen LogP contribution in [-0.2, 0) is 0 Å². The monoisotopic (exact) mass is 304 g/mol. The topological polar surface area (TPSA) is 0 Å². The van der Waals surface area contributed by atoms with Crippen molar-refractivity contribution in [3.63, 3.8) is 0 Å². The molecule has 0 aliphatic heterocycles. The van der Waals surface area contributed by atoms with Crippen molar-refractivity contribution in [2.45, 2.75) is 27.3 Å². The molecule has 0 N–H and O–H groups in total. The van der Waals surface area contributed by atoms with Gasteiger partial charge < -0.3 is 0 Å². The second-order valence-electron chi connectivity index (χ2n) is 6.60. The summed E-state index contributed by atoms with van der Waals surface area (Å²) in [6.45, 7) is 9.28. The lowest BCUT2D eigenvalue weighted by atomic mass is 10.2. The molecule has 1 heteroatoms. The van der Waals surface area contributed by atoms with Crippen molar-refractivity contribution < 1.29 is 0 Å². The van der Waals surface area contributed by atoms with Gasteiger partial charge in [-0.3, -0.25) is 0 Å². The van der Waals surface area contributed by atoms with Gasteiger partial charge >= 0.3 is 0 Å². The Morgan fingerprint density at radius 1 is 0.818 bits per heavy atom. The molecule has 3 rings (SSSR count). The Hall–Kier alpha value is -1.86. The van der Waals surface area contributed by atoms with E-state index in [0.717, 1.165) is 0 Å². The van der Waals surface area contributed by atoms with Crippen LogP contribution >= 0.6 is 0 Å². The molecule has 0 fully saturated rings. The first kappa shape index (κ1) is 15.0. The van der Waals surface area contributed by atoms with E-state index in [1.165, 1.54) is 21.5 Å². The van der Waals surface area contributed by atoms with Crippen LogP contribution in [0, 0.1) is 12.8 Å². The highest BCUT2D eigenvalue weighted by Crippen LogP contribution is 2.32. The predicted molar refractivity (Wildman–Crippen MR) is 99.5 cm³/mol. The van der Waals surface area contributed by atoms with E-state index in [2.05, 4.69) is 94.1 Å². The second kappa shape index (κ2) is 5.73. The minimum atomic E-state index is -1.90. The van der Waals surface area contributed by atoms with E-state index in [4.69, 9.17) is 0 Å². The molecule has 2 aromatic carbocycles. The Labute approximate surface area is 135 Å². The SMILES string of the molecule is CC1=C([Si](C)(c2ccccc2)c2ccc(C)cc2)C(C)C=C1. The van der Waals surface area contributed by atoms with E-state index in [-0.39, 0.29) is 0 Å². The van der Waals surface area contributed by atoms with E-state index in [0.29, 0.717) is 5.92 Å². The van der Waals surface area contributed by atoms with Crippen LogP contribution in [0.1, 0.15) is 19.4 Å². The van der Waals surface area contributed by atoms with E-state index < -0.39 is 8.07 Å². The Kier molecular flexibility index (Phi) is 3.92. The zero-order valence-corrected chi connectivity index (χ0v) is 14.9. The Balaban J connectivity index is 2.24. The molecule has 0 heterocycles. The smallest absolute Gasteiger partial charge is 0.0777 e. The molecule has 1 aliphatic carbocycles. The first-order chi connectivity index (χ1) is 10.5. The van der Waals surface area contributed by atoms with E-state index in [9.17, 15) is 0 Å². The fourth-order valence-corrected chi connectivity index (χ4v) is 8.35. The van der Waals surface area contributed by atoms with Crippen LogP contribution in [-0.4, -0.2) is 8.07 Å². The summed E-state index contributed by atoms with van der Waals surface area (Å²) in [6, 6.07) is 20.3. The zero-order valence-electron chi connectivity index (χ0n) is 13.9. The minimum absolute atomic E-state index is 0.540. The number of hydrogen-bond donors (Lipinski definition) is 0. The zero-order chi connectivity index (χ0) is 15.7. The first-order valence-electron chi connectivity index (χ1n) is 8.05. The van der Waals surface area contributed by atoms with Crippen LogP contribution in [0.25, 0.3) is 0 Å². The van der Waals surface area contributed by atoms with Gasteiger partial charge in [-0.05, 0) is 30.1 Å². The van der Waals surface area contributed by atoms with Gasteiger partial charge in [0.1, 0.15) is 8.07 Å². The number of rotatable bonds is 3. The molecule has 22 heavy (non-hydrogen) atoms. The maximum atomic E-state index is 2.51. The summed E-state index contributed by atoms with van der Waals surface area (Å²) in [4.78, 5) is 0. The summed E-state index contributed by atoms with van der Waals surface area (Å²) in [5.41, 5.74) is 2.79. The van der Waals surface area contributed by atoms with Crippen LogP contribution < -0.4 is 10.4 Å². The molecule has 0 saturated carbocycles. The fourth-order valence-electron chi connectivity index (χ4n) is 3.82. The standard InChI is InChI=1S/C21H24Si/c1-16-10-14-20(15-11-16)22(4,19-8-6-5-7-9-19)21-17(2)12-13-18(21)3/h5-15,17H,1-4H3. The molecule has 2 unspecified atom stereocenters. The molecule has 0 radical (unpaired) electrons. The lowest BCUT2D eigenvalue weighted by Gasteiger charge is -2.34. The molecule has 2 atom stereocenters. The molecule has 0 aromatic heterocycles. The van der Waals surface area contributed by atoms with Crippen molar-refractivity contribution in [1.82, 2.24) is 0 Å². The molecule has 0 spiro atoms. The molecule has 1 aliphatic rings. The first-order valence-corrected chi connectivity index (χ1v) is 10.6. The summed E-state index contributed by atoms with van der Waals surface area (Å²) < 4.78 is 0. The average molecular weight is 305 g/mol. The number of hydrogen-bond acceptors (Lipinski definition) is 0. The van der Waals surface area contributed by atoms with Crippen LogP contribution in [0.4, 0.5) is 0 Å². The van der Waals surface area contributed by atoms with Crippen molar-refractivity contribution in [1.29, 1.82) is 0 Å². The van der Waals surface area contributed by atoms with E-state index in [1.54, 1.807) is 5.20 Å². The summed E-state index contributed by atoms with van der Waals surface area (Å²) in [7, 11) is -1.90. The van der Waals surface area contributed by atoms with Crippen LogP contribution in [0.5, 0.6) is 0 Å². The Bertz CT molecular complexity index is 722. The molecule has 2 aromatic rings. The molecule has 0 saturated heterocycles. The fraction of sp³-hybridized carbons (Fsp3) is 0.238. The van der Waals surface area contributed by atoms with Gasteiger partial charge in [-0.15, -0.1) is 0 Å². The Morgan fingerprint density at radius 2 is 1.41 bits per heavy atom. The molecule has 0 amide bonds. The van der Waals surface area contributed by atoms with Crippen molar-refractivity contribution in [2.75, 3.05) is 0 Å². The van der Waals surface area contributed by atoms with E-state index >= 15 is 0 Å². The Morgan fingerprint density at radius 3 is 1.95 bits per heavy atom. The summed E-state index contributed by atoms with van der Waals surface area (Å²) >= 11 is 0. The number of aryl methyl sites for hydroxylation is 1. The van der Waals surface area contributed by atoms with Crippen LogP contribution in [0.3, 0.4) is 0 Å². The van der Waals surface area contributed by atoms with Crippen LogP contribution in [0.15, 0.2) is 77.5 Å². The van der Waals surface area contributed by atoms with E-state index in [1.807, 2.05) is 0 Å². The second-order valence-corrected chi connectivity index (χ2v) is 10.5. The van der Waals surface area contributed by atoms with Crippen molar-refractivity contribution in [3.8, 4) is 0 Å². The number of benzene rings is 2. The van der Waals surface area contributed by atoms with Gasteiger partial charge in [0.15, 0.2) is 0 Å². The third-order valence-corrected chi connectivity index (χ3v) is 9.94. The highest BCUT2D eigenvalue weighted by Gasteiger charge is 2.39. The van der Waals surface area contributed by atoms with Gasteiger partial charge in [0, 0.05) is 0 Å².